The summed E-state index contributed by atoms with van der Waals surface area (Å²) in [4.78, 5) is 41.8. The number of aromatic amines is 1. The van der Waals surface area contributed by atoms with Gasteiger partial charge in [-0.25, -0.2) is 4.79 Å². The SMILES string of the molecule is CCCCCCCCCCCCCCCCOCC(CP(=O)([O-])OCC1OC(n2cc(C)c(=O)[nH]c2=O)CC1N=[N+]=[N-])OCC.[Na+]. The first kappa shape index (κ1) is 43.0. The fourth-order valence-corrected chi connectivity index (χ4v) is 6.70. The Balaban J connectivity index is 0.0000106. The maximum absolute atomic E-state index is 12.8. The molecule has 1 saturated heterocycles. The van der Waals surface area contributed by atoms with Crippen molar-refractivity contribution >= 4 is 7.60 Å². The number of nitrogens with one attached hydrogen (secondary N) is 1. The first-order valence-corrected chi connectivity index (χ1v) is 18.6. The summed E-state index contributed by atoms with van der Waals surface area (Å²) in [5.41, 5.74) is 8.09. The summed E-state index contributed by atoms with van der Waals surface area (Å²) < 4.78 is 36.4. The molecular weight excluding hydrogens is 624 g/mol. The van der Waals surface area contributed by atoms with Crippen LogP contribution in [0.25, 0.3) is 10.4 Å². The Morgan fingerprint density at radius 2 is 1.65 bits per heavy atom. The quantitative estimate of drug-likeness (QED) is 0.0387. The van der Waals surface area contributed by atoms with Gasteiger partial charge in [0.2, 0.25) is 0 Å². The standard InChI is InChI=1S/C31H56N5O8P.Na/c1-4-6-7-8-9-10-11-12-13-14-15-16-17-18-19-41-22-26(42-5-2)24-45(39,40)43-23-28-27(34-35-32)20-29(44-28)36-21-25(3)30(37)33-31(36)38;/h21,26-29H,4-20,22-24H2,1-3H3,(H,39,40)(H,33,37,38);/q;+1/p-1. The molecule has 0 saturated carbocycles. The predicted octanol–water partition coefficient (Wildman–Crippen LogP) is 3.29. The van der Waals surface area contributed by atoms with E-state index in [9.17, 15) is 19.0 Å². The molecule has 0 spiro atoms. The van der Waals surface area contributed by atoms with Crippen LogP contribution < -0.4 is 45.7 Å². The number of ether oxygens (including phenoxy) is 3. The summed E-state index contributed by atoms with van der Waals surface area (Å²) in [5.74, 6) is 0. The Kier molecular flexibility index (Phi) is 23.4. The molecule has 5 atom stereocenters. The van der Waals surface area contributed by atoms with E-state index in [0.717, 1.165) is 12.8 Å². The Labute approximate surface area is 296 Å². The van der Waals surface area contributed by atoms with Crippen LogP contribution in [-0.4, -0.2) is 60.4 Å². The second-order valence-corrected chi connectivity index (χ2v) is 13.8. The average molecular weight is 680 g/mol. The van der Waals surface area contributed by atoms with Crippen LogP contribution in [0.5, 0.6) is 0 Å². The molecule has 0 radical (unpaired) electrons. The van der Waals surface area contributed by atoms with Gasteiger partial charge in [0.25, 0.3) is 5.56 Å². The summed E-state index contributed by atoms with van der Waals surface area (Å²) in [6, 6.07) is -0.768. The van der Waals surface area contributed by atoms with Crippen molar-refractivity contribution in [3.63, 3.8) is 0 Å². The van der Waals surface area contributed by atoms with Crippen LogP contribution in [0.3, 0.4) is 0 Å². The molecule has 1 fully saturated rings. The van der Waals surface area contributed by atoms with Crippen LogP contribution in [0.2, 0.25) is 0 Å². The van der Waals surface area contributed by atoms with E-state index in [4.69, 9.17) is 24.3 Å². The van der Waals surface area contributed by atoms with Crippen molar-refractivity contribution in [2.75, 3.05) is 32.6 Å². The molecule has 1 aliphatic rings. The smallest absolute Gasteiger partial charge is 0.778 e. The van der Waals surface area contributed by atoms with Gasteiger partial charge in [-0.3, -0.25) is 14.3 Å². The van der Waals surface area contributed by atoms with Crippen LogP contribution in [0.4, 0.5) is 0 Å². The summed E-state index contributed by atoms with van der Waals surface area (Å²) in [6.07, 6.45) is 16.5. The maximum Gasteiger partial charge on any atom is 1.00 e. The Morgan fingerprint density at radius 1 is 1.07 bits per heavy atom. The average Bonchev–Trinajstić information content (AvgIpc) is 3.40. The molecule has 0 aromatic carbocycles. The fourth-order valence-electron chi connectivity index (χ4n) is 5.52. The number of rotatable bonds is 26. The number of aryl methyl sites for hydroxylation is 1. The van der Waals surface area contributed by atoms with E-state index < -0.39 is 49.9 Å². The summed E-state index contributed by atoms with van der Waals surface area (Å²) in [5, 5.41) is 3.70. The van der Waals surface area contributed by atoms with E-state index in [-0.39, 0.29) is 48.7 Å². The summed E-state index contributed by atoms with van der Waals surface area (Å²) >= 11 is 0. The Hall–Kier alpha value is -0.980. The number of H-pyrrole nitrogens is 1. The van der Waals surface area contributed by atoms with Crippen molar-refractivity contribution in [2.24, 2.45) is 5.11 Å². The zero-order valence-electron chi connectivity index (χ0n) is 28.5. The Bertz CT molecular complexity index is 1180. The van der Waals surface area contributed by atoms with Crippen molar-refractivity contribution in [1.29, 1.82) is 0 Å². The van der Waals surface area contributed by atoms with Gasteiger partial charge in [0, 0.05) is 42.5 Å². The van der Waals surface area contributed by atoms with Crippen LogP contribution >= 0.6 is 7.60 Å². The third-order valence-corrected chi connectivity index (χ3v) is 9.47. The summed E-state index contributed by atoms with van der Waals surface area (Å²) in [6.45, 7) is 6.20. The van der Waals surface area contributed by atoms with Crippen molar-refractivity contribution in [3.8, 4) is 0 Å². The largest absolute Gasteiger partial charge is 1.00 e. The molecule has 2 rings (SSSR count). The molecule has 46 heavy (non-hydrogen) atoms. The van der Waals surface area contributed by atoms with Gasteiger partial charge in [0.15, 0.2) is 0 Å². The van der Waals surface area contributed by atoms with E-state index in [1.807, 2.05) is 0 Å². The first-order valence-electron chi connectivity index (χ1n) is 16.9. The maximum atomic E-state index is 12.8. The van der Waals surface area contributed by atoms with Crippen LogP contribution in [0.15, 0.2) is 20.9 Å². The molecule has 2 heterocycles. The van der Waals surface area contributed by atoms with E-state index in [0.29, 0.717) is 18.8 Å². The topological polar surface area (TPSA) is 181 Å². The van der Waals surface area contributed by atoms with Gasteiger partial charge in [-0.05, 0) is 25.8 Å². The van der Waals surface area contributed by atoms with Crippen LogP contribution in [0, 0.1) is 6.92 Å². The third-order valence-electron chi connectivity index (χ3n) is 8.07. The number of nitrogens with zero attached hydrogens (tertiary/aromatic N) is 4. The van der Waals surface area contributed by atoms with Gasteiger partial charge in [-0.2, -0.15) is 0 Å². The zero-order valence-corrected chi connectivity index (χ0v) is 31.4. The molecule has 1 N–H and O–H groups in total. The molecule has 0 amide bonds. The molecular formula is C31H55N5NaO8P. The normalized spacial score (nSPS) is 19.7. The van der Waals surface area contributed by atoms with Gasteiger partial charge in [0.1, 0.15) is 13.8 Å². The van der Waals surface area contributed by atoms with E-state index in [2.05, 4.69) is 21.9 Å². The number of unbranched alkanes of at least 4 members (excludes halogenated alkanes) is 13. The van der Waals surface area contributed by atoms with Crippen molar-refractivity contribution in [2.45, 2.75) is 142 Å². The number of hydrogen-bond acceptors (Lipinski definition) is 9. The molecule has 5 unspecified atom stereocenters. The second-order valence-electron chi connectivity index (χ2n) is 12.0. The Morgan fingerprint density at radius 3 is 2.22 bits per heavy atom. The minimum Gasteiger partial charge on any atom is -0.778 e. The van der Waals surface area contributed by atoms with Crippen molar-refractivity contribution in [1.82, 2.24) is 9.55 Å². The van der Waals surface area contributed by atoms with Gasteiger partial charge in [-0.15, -0.1) is 0 Å². The molecule has 0 aliphatic carbocycles. The second kappa shape index (κ2) is 25.1. The van der Waals surface area contributed by atoms with Crippen LogP contribution in [0.1, 0.15) is 122 Å². The fraction of sp³-hybridized carbons (Fsp3) is 0.871. The first-order chi connectivity index (χ1) is 21.7. The number of hydrogen-bond donors (Lipinski definition) is 1. The van der Waals surface area contributed by atoms with Crippen molar-refractivity contribution in [3.05, 3.63) is 43.0 Å². The van der Waals surface area contributed by atoms with E-state index >= 15 is 0 Å². The van der Waals surface area contributed by atoms with Gasteiger partial charge in [0.05, 0.1) is 31.5 Å². The molecule has 258 valence electrons. The molecule has 15 heteroatoms. The van der Waals surface area contributed by atoms with Gasteiger partial charge in [-0.1, -0.05) is 95.5 Å². The third kappa shape index (κ3) is 17.4. The van der Waals surface area contributed by atoms with Crippen LogP contribution in [-0.2, 0) is 23.3 Å². The molecule has 1 aromatic rings. The zero-order chi connectivity index (χ0) is 32.9. The van der Waals surface area contributed by atoms with Crippen molar-refractivity contribution < 1.29 is 57.8 Å². The molecule has 0 bridgehead atoms. The van der Waals surface area contributed by atoms with E-state index in [1.165, 1.54) is 87.8 Å². The van der Waals surface area contributed by atoms with Gasteiger partial charge >= 0.3 is 35.2 Å². The molecule has 1 aromatic heterocycles. The minimum absolute atomic E-state index is 0. The van der Waals surface area contributed by atoms with Gasteiger partial charge < -0.3 is 28.2 Å². The summed E-state index contributed by atoms with van der Waals surface area (Å²) in [7, 11) is -4.37. The molecule has 1 aliphatic heterocycles. The van der Waals surface area contributed by atoms with E-state index in [1.54, 1.807) is 13.8 Å². The minimum atomic E-state index is -4.37. The predicted molar refractivity (Wildman–Crippen MR) is 172 cm³/mol. The number of azide groups is 1. The monoisotopic (exact) mass is 679 g/mol. The molecule has 13 nitrogen and oxygen atoms in total. The number of aromatic nitrogens is 2.